The zero-order valence-electron chi connectivity index (χ0n) is 14.2. The van der Waals surface area contributed by atoms with Crippen LogP contribution < -0.4 is 0 Å². The van der Waals surface area contributed by atoms with Crippen molar-refractivity contribution in [3.05, 3.63) is 70.5 Å². The molecule has 2 aromatic carbocycles. The third-order valence-corrected chi connectivity index (χ3v) is 5.46. The first-order valence-electron chi connectivity index (χ1n) is 8.32. The largest absolute Gasteiger partial charge is 0.360 e. The number of para-hydroxylation sites is 1. The van der Waals surface area contributed by atoms with Crippen molar-refractivity contribution in [3.63, 3.8) is 0 Å². The summed E-state index contributed by atoms with van der Waals surface area (Å²) < 4.78 is 1.52. The highest BCUT2D eigenvalue weighted by atomic mass is 32.1. The molecular formula is C19H11N5O3S. The van der Waals surface area contributed by atoms with Crippen molar-refractivity contribution in [1.29, 1.82) is 0 Å². The summed E-state index contributed by atoms with van der Waals surface area (Å²) >= 11 is 1.38. The van der Waals surface area contributed by atoms with Crippen molar-refractivity contribution < 1.29 is 9.72 Å². The molecular weight excluding hydrogens is 378 g/mol. The molecule has 0 radical (unpaired) electrons. The maximum atomic E-state index is 11.7. The van der Waals surface area contributed by atoms with Crippen molar-refractivity contribution >= 4 is 39.2 Å². The van der Waals surface area contributed by atoms with E-state index >= 15 is 0 Å². The molecule has 1 N–H and O–H groups in total. The SMILES string of the molecule is O=Cc1c(-c2ccc([N+](=O)[O-])cc2)nc2sc(-c3c[nH]c4ccccc34)nn12. The number of aromatic amines is 1. The Labute approximate surface area is 161 Å². The van der Waals surface area contributed by atoms with E-state index in [1.165, 1.54) is 28.0 Å². The Hall–Kier alpha value is -3.85. The zero-order chi connectivity index (χ0) is 19.3. The normalized spacial score (nSPS) is 11.3. The first kappa shape index (κ1) is 16.3. The number of nitrogens with one attached hydrogen (secondary N) is 1. The summed E-state index contributed by atoms with van der Waals surface area (Å²) in [5.74, 6) is 0. The Balaban J connectivity index is 1.63. The van der Waals surface area contributed by atoms with Crippen LogP contribution in [0.4, 0.5) is 5.69 Å². The lowest BCUT2D eigenvalue weighted by molar-refractivity contribution is -0.384. The molecule has 0 aliphatic carbocycles. The molecule has 28 heavy (non-hydrogen) atoms. The molecule has 0 aliphatic rings. The van der Waals surface area contributed by atoms with Crippen LogP contribution in [0.3, 0.4) is 0 Å². The van der Waals surface area contributed by atoms with Gasteiger partial charge in [0.2, 0.25) is 4.96 Å². The van der Waals surface area contributed by atoms with Crippen LogP contribution in [0.25, 0.3) is 37.7 Å². The van der Waals surface area contributed by atoms with Gasteiger partial charge >= 0.3 is 0 Å². The Bertz CT molecular complexity index is 1360. The first-order chi connectivity index (χ1) is 13.7. The highest BCUT2D eigenvalue weighted by Gasteiger charge is 2.20. The van der Waals surface area contributed by atoms with Crippen LogP contribution in [0.1, 0.15) is 10.5 Å². The lowest BCUT2D eigenvalue weighted by Crippen LogP contribution is -1.94. The zero-order valence-corrected chi connectivity index (χ0v) is 15.0. The Morgan fingerprint density at radius 2 is 1.93 bits per heavy atom. The number of hydrogen-bond donors (Lipinski definition) is 1. The summed E-state index contributed by atoms with van der Waals surface area (Å²) in [5.41, 5.74) is 3.32. The summed E-state index contributed by atoms with van der Waals surface area (Å²) in [6.45, 7) is 0. The number of aromatic nitrogens is 4. The minimum absolute atomic E-state index is 0.0165. The third-order valence-electron chi connectivity index (χ3n) is 4.52. The quantitative estimate of drug-likeness (QED) is 0.280. The van der Waals surface area contributed by atoms with Crippen molar-refractivity contribution in [3.8, 4) is 21.8 Å². The van der Waals surface area contributed by atoms with Gasteiger partial charge in [0.25, 0.3) is 5.69 Å². The number of nitro groups is 1. The number of fused-ring (bicyclic) bond motifs is 2. The van der Waals surface area contributed by atoms with Crippen LogP contribution >= 0.6 is 11.3 Å². The van der Waals surface area contributed by atoms with Crippen LogP contribution in [0, 0.1) is 10.1 Å². The van der Waals surface area contributed by atoms with Gasteiger partial charge in [-0.2, -0.15) is 9.61 Å². The number of nitro benzene ring substituents is 1. The summed E-state index contributed by atoms with van der Waals surface area (Å²) in [6.07, 6.45) is 2.59. The van der Waals surface area contributed by atoms with E-state index < -0.39 is 4.92 Å². The molecule has 0 saturated heterocycles. The molecule has 5 aromatic rings. The smallest absolute Gasteiger partial charge is 0.269 e. The van der Waals surface area contributed by atoms with E-state index in [0.717, 1.165) is 21.5 Å². The van der Waals surface area contributed by atoms with Crippen molar-refractivity contribution in [2.45, 2.75) is 0 Å². The number of hydrogen-bond acceptors (Lipinski definition) is 6. The van der Waals surface area contributed by atoms with Crippen LogP contribution in [-0.4, -0.2) is 30.8 Å². The average Bonchev–Trinajstić information content (AvgIpc) is 3.39. The number of imidazole rings is 1. The van der Waals surface area contributed by atoms with E-state index in [1.807, 2.05) is 30.5 Å². The number of H-pyrrole nitrogens is 1. The summed E-state index contributed by atoms with van der Waals surface area (Å²) in [5, 5.41) is 17.2. The fourth-order valence-electron chi connectivity index (χ4n) is 3.18. The molecule has 136 valence electrons. The van der Waals surface area contributed by atoms with Gasteiger partial charge in [-0.1, -0.05) is 29.5 Å². The lowest BCUT2D eigenvalue weighted by atomic mass is 10.1. The second-order valence-corrected chi connectivity index (χ2v) is 7.07. The minimum atomic E-state index is -0.467. The first-order valence-corrected chi connectivity index (χ1v) is 9.13. The predicted molar refractivity (Wildman–Crippen MR) is 106 cm³/mol. The van der Waals surface area contributed by atoms with Crippen molar-refractivity contribution in [2.24, 2.45) is 0 Å². The average molecular weight is 389 g/mol. The minimum Gasteiger partial charge on any atom is -0.360 e. The van der Waals surface area contributed by atoms with Gasteiger partial charge in [-0.05, 0) is 18.2 Å². The fourth-order valence-corrected chi connectivity index (χ4v) is 4.12. The van der Waals surface area contributed by atoms with E-state index in [-0.39, 0.29) is 5.69 Å². The van der Waals surface area contributed by atoms with Gasteiger partial charge in [0, 0.05) is 40.4 Å². The van der Waals surface area contributed by atoms with Crippen LogP contribution in [0.2, 0.25) is 0 Å². The number of carbonyl (C=O) groups excluding carboxylic acids is 1. The summed E-state index contributed by atoms with van der Waals surface area (Å²) in [6, 6.07) is 13.9. The number of benzene rings is 2. The second kappa shape index (κ2) is 6.10. The molecule has 0 atom stereocenters. The molecule has 0 bridgehead atoms. The Kier molecular flexibility index (Phi) is 3.56. The number of carbonyl (C=O) groups is 1. The van der Waals surface area contributed by atoms with E-state index in [4.69, 9.17) is 0 Å². The van der Waals surface area contributed by atoms with E-state index in [0.29, 0.717) is 28.2 Å². The topological polar surface area (TPSA) is 106 Å². The van der Waals surface area contributed by atoms with Crippen molar-refractivity contribution in [1.82, 2.24) is 19.6 Å². The van der Waals surface area contributed by atoms with Gasteiger partial charge in [-0.15, -0.1) is 0 Å². The molecule has 0 unspecified atom stereocenters. The van der Waals surface area contributed by atoms with Crippen molar-refractivity contribution in [2.75, 3.05) is 0 Å². The molecule has 5 rings (SSSR count). The molecule has 8 nitrogen and oxygen atoms in total. The molecule has 3 heterocycles. The van der Waals surface area contributed by atoms with Gasteiger partial charge in [0.1, 0.15) is 16.4 Å². The van der Waals surface area contributed by atoms with Crippen LogP contribution in [0.15, 0.2) is 54.7 Å². The monoisotopic (exact) mass is 389 g/mol. The van der Waals surface area contributed by atoms with Gasteiger partial charge in [-0.3, -0.25) is 14.9 Å². The van der Waals surface area contributed by atoms with Crippen LogP contribution in [0.5, 0.6) is 0 Å². The number of aldehydes is 1. The third kappa shape index (κ3) is 2.41. The molecule has 9 heteroatoms. The summed E-state index contributed by atoms with van der Waals surface area (Å²) in [7, 11) is 0. The highest BCUT2D eigenvalue weighted by molar-refractivity contribution is 7.20. The summed E-state index contributed by atoms with van der Waals surface area (Å²) in [4.78, 5) is 30.5. The Morgan fingerprint density at radius 1 is 1.14 bits per heavy atom. The highest BCUT2D eigenvalue weighted by Crippen LogP contribution is 2.34. The molecule has 0 fully saturated rings. The van der Waals surface area contributed by atoms with Gasteiger partial charge in [-0.25, -0.2) is 4.98 Å². The van der Waals surface area contributed by atoms with Gasteiger partial charge in [0.05, 0.1) is 4.92 Å². The lowest BCUT2D eigenvalue weighted by Gasteiger charge is -1.98. The Morgan fingerprint density at radius 3 is 2.68 bits per heavy atom. The van der Waals surface area contributed by atoms with E-state index in [1.54, 1.807) is 12.1 Å². The predicted octanol–water partition coefficient (Wildman–Crippen LogP) is 4.33. The number of rotatable bonds is 4. The van der Waals surface area contributed by atoms with Crippen LogP contribution in [-0.2, 0) is 0 Å². The molecule has 0 saturated carbocycles. The van der Waals surface area contributed by atoms with E-state index in [2.05, 4.69) is 15.1 Å². The molecule has 3 aromatic heterocycles. The fraction of sp³-hybridized carbons (Fsp3) is 0. The molecule has 0 aliphatic heterocycles. The molecule has 0 amide bonds. The van der Waals surface area contributed by atoms with Gasteiger partial charge < -0.3 is 4.98 Å². The molecule has 0 spiro atoms. The number of nitrogens with zero attached hydrogens (tertiary/aromatic N) is 4. The maximum absolute atomic E-state index is 11.7. The van der Waals surface area contributed by atoms with E-state index in [9.17, 15) is 14.9 Å². The van der Waals surface area contributed by atoms with Gasteiger partial charge in [0.15, 0.2) is 6.29 Å². The standard InChI is InChI=1S/C19H11N5O3S/c25-10-16-17(11-5-7-12(8-6-11)24(26)27)21-19-23(16)22-18(28-19)14-9-20-15-4-2-1-3-13(14)15/h1-10,20H. The number of non-ortho nitro benzene ring substituents is 1. The maximum Gasteiger partial charge on any atom is 0.269 e. The second-order valence-electron chi connectivity index (χ2n) is 6.12.